The van der Waals surface area contributed by atoms with Gasteiger partial charge in [0.25, 0.3) is 0 Å². The highest BCUT2D eigenvalue weighted by molar-refractivity contribution is 9.10. The zero-order chi connectivity index (χ0) is 12.3. The number of anilines is 1. The second-order valence-electron chi connectivity index (χ2n) is 3.90. The van der Waals surface area contributed by atoms with Crippen molar-refractivity contribution in [2.45, 2.75) is 13.0 Å². The summed E-state index contributed by atoms with van der Waals surface area (Å²) >= 11 is 9.40. The Morgan fingerprint density at radius 2 is 1.71 bits per heavy atom. The lowest BCUT2D eigenvalue weighted by Gasteiger charge is -2.16. The van der Waals surface area contributed by atoms with Gasteiger partial charge in [-0.1, -0.05) is 35.9 Å². The van der Waals surface area contributed by atoms with Crippen LogP contribution in [0, 0.1) is 0 Å². The molecular formula is C14H13BrClN. The van der Waals surface area contributed by atoms with Crippen molar-refractivity contribution in [3.63, 3.8) is 0 Å². The number of hydrogen-bond acceptors (Lipinski definition) is 1. The average Bonchev–Trinajstić information content (AvgIpc) is 2.33. The van der Waals surface area contributed by atoms with E-state index in [0.29, 0.717) is 0 Å². The van der Waals surface area contributed by atoms with E-state index in [4.69, 9.17) is 11.6 Å². The van der Waals surface area contributed by atoms with Crippen molar-refractivity contribution >= 4 is 33.2 Å². The van der Waals surface area contributed by atoms with Crippen LogP contribution in [0.1, 0.15) is 18.5 Å². The number of rotatable bonds is 3. The van der Waals surface area contributed by atoms with Crippen LogP contribution in [0.15, 0.2) is 53.0 Å². The number of hydrogen-bond donors (Lipinski definition) is 1. The van der Waals surface area contributed by atoms with E-state index >= 15 is 0 Å². The van der Waals surface area contributed by atoms with E-state index in [0.717, 1.165) is 15.2 Å². The summed E-state index contributed by atoms with van der Waals surface area (Å²) in [6.45, 7) is 2.13. The van der Waals surface area contributed by atoms with Crippen molar-refractivity contribution in [1.29, 1.82) is 0 Å². The van der Waals surface area contributed by atoms with Crippen LogP contribution in [0.3, 0.4) is 0 Å². The zero-order valence-corrected chi connectivity index (χ0v) is 11.8. The molecule has 2 rings (SSSR count). The third-order valence-corrected chi connectivity index (χ3v) is 3.56. The summed E-state index contributed by atoms with van der Waals surface area (Å²) in [5, 5.41) is 4.22. The Kier molecular flexibility index (Phi) is 4.08. The van der Waals surface area contributed by atoms with Crippen molar-refractivity contribution in [3.05, 3.63) is 63.6 Å². The first-order chi connectivity index (χ1) is 8.16. The molecule has 0 saturated carbocycles. The molecule has 0 radical (unpaired) electrons. The highest BCUT2D eigenvalue weighted by Gasteiger charge is 2.06. The second-order valence-corrected chi connectivity index (χ2v) is 5.19. The molecule has 17 heavy (non-hydrogen) atoms. The second kappa shape index (κ2) is 5.56. The molecule has 1 atom stereocenters. The first-order valence-electron chi connectivity index (χ1n) is 5.43. The molecule has 0 bridgehead atoms. The Balaban J connectivity index is 2.14. The number of para-hydroxylation sites is 1. The highest BCUT2D eigenvalue weighted by atomic mass is 79.9. The lowest BCUT2D eigenvalue weighted by molar-refractivity contribution is 0.884. The molecule has 2 aromatic rings. The van der Waals surface area contributed by atoms with E-state index in [9.17, 15) is 0 Å². The average molecular weight is 311 g/mol. The molecule has 0 aromatic heterocycles. The SMILES string of the molecule is CC(Nc1ccccc1Br)c1ccc(Cl)cc1. The molecule has 0 spiro atoms. The van der Waals surface area contributed by atoms with Crippen LogP contribution in [0.25, 0.3) is 0 Å². The molecule has 0 fully saturated rings. The molecule has 0 heterocycles. The topological polar surface area (TPSA) is 12.0 Å². The van der Waals surface area contributed by atoms with Crippen LogP contribution < -0.4 is 5.32 Å². The van der Waals surface area contributed by atoms with Gasteiger partial charge in [-0.05, 0) is 52.7 Å². The van der Waals surface area contributed by atoms with Crippen molar-refractivity contribution in [2.24, 2.45) is 0 Å². The van der Waals surface area contributed by atoms with Crippen LogP contribution >= 0.6 is 27.5 Å². The molecule has 0 aliphatic rings. The predicted molar refractivity (Wildman–Crippen MR) is 77.6 cm³/mol. The molecule has 0 aliphatic carbocycles. The van der Waals surface area contributed by atoms with Gasteiger partial charge in [-0.3, -0.25) is 0 Å². The van der Waals surface area contributed by atoms with Gasteiger partial charge in [-0.15, -0.1) is 0 Å². The zero-order valence-electron chi connectivity index (χ0n) is 9.45. The summed E-state index contributed by atoms with van der Waals surface area (Å²) in [4.78, 5) is 0. The van der Waals surface area contributed by atoms with Gasteiger partial charge < -0.3 is 5.32 Å². The standard InChI is InChI=1S/C14H13BrClN/c1-10(11-6-8-12(16)9-7-11)17-14-5-3-2-4-13(14)15/h2-10,17H,1H3. The smallest absolute Gasteiger partial charge is 0.0489 e. The molecule has 88 valence electrons. The van der Waals surface area contributed by atoms with Crippen molar-refractivity contribution in [2.75, 3.05) is 5.32 Å². The molecule has 0 aliphatic heterocycles. The Labute approximate surface area is 115 Å². The third kappa shape index (κ3) is 3.24. The fourth-order valence-electron chi connectivity index (χ4n) is 1.65. The van der Waals surface area contributed by atoms with Crippen LogP contribution in [0.2, 0.25) is 5.02 Å². The van der Waals surface area contributed by atoms with Gasteiger partial charge in [0.2, 0.25) is 0 Å². The van der Waals surface area contributed by atoms with Gasteiger partial charge in [0.05, 0.1) is 0 Å². The van der Waals surface area contributed by atoms with Gasteiger partial charge in [-0.2, -0.15) is 0 Å². The van der Waals surface area contributed by atoms with Crippen LogP contribution in [-0.2, 0) is 0 Å². The highest BCUT2D eigenvalue weighted by Crippen LogP contribution is 2.26. The Hall–Kier alpha value is -0.990. The molecular weight excluding hydrogens is 298 g/mol. The third-order valence-electron chi connectivity index (χ3n) is 2.62. The Morgan fingerprint density at radius 1 is 1.06 bits per heavy atom. The molecule has 1 unspecified atom stereocenters. The van der Waals surface area contributed by atoms with Gasteiger partial charge in [0.15, 0.2) is 0 Å². The summed E-state index contributed by atoms with van der Waals surface area (Å²) < 4.78 is 1.07. The first kappa shape index (κ1) is 12.5. The lowest BCUT2D eigenvalue weighted by atomic mass is 10.1. The lowest BCUT2D eigenvalue weighted by Crippen LogP contribution is -2.06. The fourth-order valence-corrected chi connectivity index (χ4v) is 2.17. The summed E-state index contributed by atoms with van der Waals surface area (Å²) in [5.74, 6) is 0. The summed E-state index contributed by atoms with van der Waals surface area (Å²) in [5.41, 5.74) is 2.31. The van der Waals surface area contributed by atoms with Gasteiger partial charge in [-0.25, -0.2) is 0 Å². The van der Waals surface area contributed by atoms with E-state index in [1.165, 1.54) is 5.56 Å². The molecule has 0 amide bonds. The van der Waals surface area contributed by atoms with Crippen LogP contribution in [0.5, 0.6) is 0 Å². The molecule has 2 aromatic carbocycles. The number of halogens is 2. The monoisotopic (exact) mass is 309 g/mol. The largest absolute Gasteiger partial charge is 0.378 e. The quantitative estimate of drug-likeness (QED) is 0.813. The van der Waals surface area contributed by atoms with Gasteiger partial charge >= 0.3 is 0 Å². The number of benzene rings is 2. The Bertz CT molecular complexity index is 496. The number of nitrogens with one attached hydrogen (secondary N) is 1. The molecule has 1 nitrogen and oxygen atoms in total. The van der Waals surface area contributed by atoms with E-state index in [2.05, 4.69) is 34.2 Å². The van der Waals surface area contributed by atoms with E-state index in [1.807, 2.05) is 42.5 Å². The minimum absolute atomic E-state index is 0.242. The summed E-state index contributed by atoms with van der Waals surface area (Å²) in [6.07, 6.45) is 0. The summed E-state index contributed by atoms with van der Waals surface area (Å²) in [6, 6.07) is 16.2. The van der Waals surface area contributed by atoms with Gasteiger partial charge in [0, 0.05) is 21.2 Å². The van der Waals surface area contributed by atoms with Gasteiger partial charge in [0.1, 0.15) is 0 Å². The maximum atomic E-state index is 5.87. The van der Waals surface area contributed by atoms with E-state index < -0.39 is 0 Å². The van der Waals surface area contributed by atoms with E-state index in [-0.39, 0.29) is 6.04 Å². The van der Waals surface area contributed by atoms with Crippen molar-refractivity contribution in [3.8, 4) is 0 Å². The van der Waals surface area contributed by atoms with Crippen molar-refractivity contribution in [1.82, 2.24) is 0 Å². The minimum Gasteiger partial charge on any atom is -0.378 e. The van der Waals surface area contributed by atoms with E-state index in [1.54, 1.807) is 0 Å². The fraction of sp³-hybridized carbons (Fsp3) is 0.143. The van der Waals surface area contributed by atoms with Crippen LogP contribution in [-0.4, -0.2) is 0 Å². The maximum Gasteiger partial charge on any atom is 0.0489 e. The molecule has 0 saturated heterocycles. The predicted octanol–water partition coefficient (Wildman–Crippen LogP) is 5.28. The minimum atomic E-state index is 0.242. The van der Waals surface area contributed by atoms with Crippen molar-refractivity contribution < 1.29 is 0 Å². The maximum absolute atomic E-state index is 5.87. The Morgan fingerprint density at radius 3 is 2.35 bits per heavy atom. The first-order valence-corrected chi connectivity index (χ1v) is 6.60. The normalized spacial score (nSPS) is 12.2. The summed E-state index contributed by atoms with van der Waals surface area (Å²) in [7, 11) is 0. The molecule has 1 N–H and O–H groups in total. The van der Waals surface area contributed by atoms with Crippen LogP contribution in [0.4, 0.5) is 5.69 Å². The molecule has 3 heteroatoms.